The molecule has 3 rings (SSSR count). The summed E-state index contributed by atoms with van der Waals surface area (Å²) in [6.07, 6.45) is 2.53. The van der Waals surface area contributed by atoms with Crippen LogP contribution >= 0.6 is 27.7 Å². The molecule has 1 aliphatic heterocycles. The number of halogens is 1. The molecule has 0 aliphatic carbocycles. The van der Waals surface area contributed by atoms with E-state index in [0.717, 1.165) is 12.2 Å². The molecule has 5 nitrogen and oxygen atoms in total. The lowest BCUT2D eigenvalue weighted by molar-refractivity contribution is 0.562. The molecule has 0 atom stereocenters. The third-order valence-electron chi connectivity index (χ3n) is 3.00. The number of pyridine rings is 1. The summed E-state index contributed by atoms with van der Waals surface area (Å²) in [7, 11) is 0. The maximum absolute atomic E-state index is 12.4. The van der Waals surface area contributed by atoms with Crippen molar-refractivity contribution in [2.75, 3.05) is 5.75 Å². The van der Waals surface area contributed by atoms with Gasteiger partial charge in [-0.25, -0.2) is 9.97 Å². The Morgan fingerprint density at radius 2 is 2.30 bits per heavy atom. The molecule has 0 unspecified atom stereocenters. The van der Waals surface area contributed by atoms with Crippen LogP contribution in [-0.4, -0.2) is 20.3 Å². The highest BCUT2D eigenvalue weighted by molar-refractivity contribution is 9.10. The summed E-state index contributed by atoms with van der Waals surface area (Å²) in [5, 5.41) is 9.96. The van der Waals surface area contributed by atoms with Gasteiger partial charge >= 0.3 is 0 Å². The van der Waals surface area contributed by atoms with E-state index < -0.39 is 0 Å². The van der Waals surface area contributed by atoms with Crippen molar-refractivity contribution < 1.29 is 0 Å². The maximum Gasteiger partial charge on any atom is 0.272 e. The van der Waals surface area contributed by atoms with Crippen molar-refractivity contribution in [1.29, 1.82) is 5.26 Å². The molecular weight excluding hydrogens is 340 g/mol. The zero-order chi connectivity index (χ0) is 14.1. The average molecular weight is 349 g/mol. The number of nitriles is 1. The van der Waals surface area contributed by atoms with E-state index in [4.69, 9.17) is 0 Å². The second kappa shape index (κ2) is 5.38. The van der Waals surface area contributed by atoms with E-state index in [1.807, 2.05) is 6.07 Å². The van der Waals surface area contributed by atoms with Gasteiger partial charge in [0.15, 0.2) is 5.16 Å². The zero-order valence-electron chi connectivity index (χ0n) is 10.3. The largest absolute Gasteiger partial charge is 0.286 e. The molecule has 0 radical (unpaired) electrons. The van der Waals surface area contributed by atoms with Gasteiger partial charge in [0.2, 0.25) is 0 Å². The van der Waals surface area contributed by atoms with Crippen molar-refractivity contribution in [2.45, 2.75) is 18.1 Å². The van der Waals surface area contributed by atoms with Gasteiger partial charge in [0, 0.05) is 24.1 Å². The number of nitrogens with zero attached hydrogens (tertiary/aromatic N) is 4. The minimum absolute atomic E-state index is 0.0837. The van der Waals surface area contributed by atoms with E-state index in [9.17, 15) is 10.1 Å². The Morgan fingerprint density at radius 3 is 3.00 bits per heavy atom. The Hall–Kier alpha value is -1.65. The molecule has 100 valence electrons. The average Bonchev–Trinajstić information content (AvgIpc) is 2.48. The maximum atomic E-state index is 12.4. The van der Waals surface area contributed by atoms with Crippen molar-refractivity contribution in [3.8, 4) is 17.3 Å². The Balaban J connectivity index is 2.25. The van der Waals surface area contributed by atoms with Crippen molar-refractivity contribution >= 4 is 27.7 Å². The zero-order valence-corrected chi connectivity index (χ0v) is 12.7. The second-order valence-corrected chi connectivity index (χ2v) is 6.13. The van der Waals surface area contributed by atoms with E-state index in [1.165, 1.54) is 0 Å². The molecule has 0 saturated heterocycles. The lowest BCUT2D eigenvalue weighted by Crippen LogP contribution is -2.28. The standard InChI is InChI=1S/C13H9BrN4OS/c14-10-3-2-8(7-16-10)11-9(6-15)12(19)18-4-1-5-20-13(18)17-11/h2-3,7H,1,4-5H2. The Labute approximate surface area is 127 Å². The lowest BCUT2D eigenvalue weighted by atomic mass is 10.1. The van der Waals surface area contributed by atoms with Crippen molar-refractivity contribution in [2.24, 2.45) is 0 Å². The molecule has 0 amide bonds. The topological polar surface area (TPSA) is 71.6 Å². The first-order valence-electron chi connectivity index (χ1n) is 6.00. The van der Waals surface area contributed by atoms with Crippen LogP contribution in [0.2, 0.25) is 0 Å². The van der Waals surface area contributed by atoms with E-state index in [-0.39, 0.29) is 11.1 Å². The Kier molecular flexibility index (Phi) is 3.59. The molecule has 1 aliphatic rings. The first kappa shape index (κ1) is 13.3. The number of rotatable bonds is 1. The van der Waals surface area contributed by atoms with Gasteiger partial charge in [-0.3, -0.25) is 9.36 Å². The monoisotopic (exact) mass is 348 g/mol. The van der Waals surface area contributed by atoms with Crippen LogP contribution < -0.4 is 5.56 Å². The van der Waals surface area contributed by atoms with E-state index in [2.05, 4.69) is 25.9 Å². The summed E-state index contributed by atoms with van der Waals surface area (Å²) in [4.78, 5) is 21.0. The van der Waals surface area contributed by atoms with Gasteiger partial charge in [0.05, 0.1) is 5.69 Å². The van der Waals surface area contributed by atoms with E-state index in [0.29, 0.717) is 27.6 Å². The lowest BCUT2D eigenvalue weighted by Gasteiger charge is -2.18. The summed E-state index contributed by atoms with van der Waals surface area (Å²) in [5.74, 6) is 0.941. The fraction of sp³-hybridized carbons (Fsp3) is 0.231. The summed E-state index contributed by atoms with van der Waals surface area (Å²) in [6, 6.07) is 5.54. The number of aromatic nitrogens is 3. The van der Waals surface area contributed by atoms with Gasteiger partial charge in [-0.15, -0.1) is 0 Å². The van der Waals surface area contributed by atoms with Crippen LogP contribution in [0.25, 0.3) is 11.3 Å². The van der Waals surface area contributed by atoms with Crippen LogP contribution in [0.4, 0.5) is 0 Å². The van der Waals surface area contributed by atoms with Crippen LogP contribution in [0.5, 0.6) is 0 Å². The van der Waals surface area contributed by atoms with Crippen molar-refractivity contribution in [3.63, 3.8) is 0 Å². The number of hydrogen-bond acceptors (Lipinski definition) is 5. The first-order chi connectivity index (χ1) is 9.70. The molecule has 0 bridgehead atoms. The highest BCUT2D eigenvalue weighted by Crippen LogP contribution is 2.26. The van der Waals surface area contributed by atoms with Gasteiger partial charge in [0.1, 0.15) is 16.2 Å². The van der Waals surface area contributed by atoms with Crippen LogP contribution in [0.15, 0.2) is 32.9 Å². The fourth-order valence-electron chi connectivity index (χ4n) is 2.05. The molecule has 0 aromatic carbocycles. The quantitative estimate of drug-likeness (QED) is 0.584. The predicted octanol–water partition coefficient (Wildman–Crippen LogP) is 2.44. The molecule has 2 aromatic rings. The Morgan fingerprint density at radius 1 is 1.45 bits per heavy atom. The smallest absolute Gasteiger partial charge is 0.272 e. The number of hydrogen-bond donors (Lipinski definition) is 0. The summed E-state index contributed by atoms with van der Waals surface area (Å²) >= 11 is 4.81. The SMILES string of the molecule is N#Cc1c(-c2ccc(Br)nc2)nc2n(c1=O)CCCS2. The van der Waals surface area contributed by atoms with Crippen LogP contribution in [0.3, 0.4) is 0 Å². The molecule has 0 saturated carbocycles. The van der Waals surface area contributed by atoms with E-state index >= 15 is 0 Å². The Bertz CT molecular complexity index is 764. The minimum atomic E-state index is -0.261. The number of thioether (sulfide) groups is 1. The third-order valence-corrected chi connectivity index (χ3v) is 4.54. The molecule has 20 heavy (non-hydrogen) atoms. The van der Waals surface area contributed by atoms with Crippen molar-refractivity contribution in [3.05, 3.63) is 38.9 Å². The molecule has 7 heteroatoms. The van der Waals surface area contributed by atoms with Crippen LogP contribution in [-0.2, 0) is 6.54 Å². The summed E-state index contributed by atoms with van der Waals surface area (Å²) < 4.78 is 2.28. The molecule has 2 aromatic heterocycles. The summed E-state index contributed by atoms with van der Waals surface area (Å²) in [5.41, 5.74) is 0.914. The minimum Gasteiger partial charge on any atom is -0.286 e. The van der Waals surface area contributed by atoms with Gasteiger partial charge in [-0.2, -0.15) is 5.26 Å². The molecule has 0 spiro atoms. The molecule has 0 fully saturated rings. The first-order valence-corrected chi connectivity index (χ1v) is 7.78. The highest BCUT2D eigenvalue weighted by Gasteiger charge is 2.20. The van der Waals surface area contributed by atoms with Crippen LogP contribution in [0, 0.1) is 11.3 Å². The van der Waals surface area contributed by atoms with E-state index in [1.54, 1.807) is 34.7 Å². The highest BCUT2D eigenvalue weighted by atomic mass is 79.9. The second-order valence-electron chi connectivity index (χ2n) is 4.26. The van der Waals surface area contributed by atoms with Gasteiger partial charge in [-0.05, 0) is 34.5 Å². The fourth-order valence-corrected chi connectivity index (χ4v) is 3.23. The van der Waals surface area contributed by atoms with Gasteiger partial charge in [0.25, 0.3) is 5.56 Å². The van der Waals surface area contributed by atoms with Crippen LogP contribution in [0.1, 0.15) is 12.0 Å². The normalized spacial score (nSPS) is 13.6. The summed E-state index contributed by atoms with van der Waals surface area (Å²) in [6.45, 7) is 0.627. The molecule has 3 heterocycles. The van der Waals surface area contributed by atoms with Crippen molar-refractivity contribution in [1.82, 2.24) is 14.5 Å². The van der Waals surface area contributed by atoms with Gasteiger partial charge < -0.3 is 0 Å². The molecule has 0 N–H and O–H groups in total. The third kappa shape index (κ3) is 2.25. The van der Waals surface area contributed by atoms with Gasteiger partial charge in [-0.1, -0.05) is 11.8 Å². The predicted molar refractivity (Wildman–Crippen MR) is 79.5 cm³/mol. The number of fused-ring (bicyclic) bond motifs is 1. The molecular formula is C13H9BrN4OS.